The largest absolute Gasteiger partial charge is 0.475 e. The Morgan fingerprint density at radius 3 is 2.40 bits per heavy atom. The van der Waals surface area contributed by atoms with Gasteiger partial charge in [0.25, 0.3) is 5.78 Å². The van der Waals surface area contributed by atoms with Crippen LogP contribution in [0.15, 0.2) is 6.08 Å². The highest BCUT2D eigenvalue weighted by Crippen LogP contribution is 2.13. The predicted molar refractivity (Wildman–Crippen MR) is 54.4 cm³/mol. The van der Waals surface area contributed by atoms with Crippen molar-refractivity contribution >= 4 is 17.8 Å². The molecule has 0 saturated carbocycles. The van der Waals surface area contributed by atoms with Gasteiger partial charge in [-0.2, -0.15) is 5.10 Å². The second-order valence-corrected chi connectivity index (χ2v) is 3.21. The van der Waals surface area contributed by atoms with Gasteiger partial charge in [0.2, 0.25) is 0 Å². The fourth-order valence-electron chi connectivity index (χ4n) is 1.26. The molecule has 80 valence electrons. The van der Waals surface area contributed by atoms with Gasteiger partial charge in [0, 0.05) is 18.3 Å². The molecule has 0 spiro atoms. The minimum atomic E-state index is -1.45. The van der Waals surface area contributed by atoms with E-state index in [1.807, 2.05) is 6.92 Å². The number of aryl methyl sites for hydroxylation is 2. The van der Waals surface area contributed by atoms with Crippen LogP contribution >= 0.6 is 0 Å². The topological polar surface area (TPSA) is 72.2 Å². The van der Waals surface area contributed by atoms with Crippen molar-refractivity contribution in [2.45, 2.75) is 13.8 Å². The summed E-state index contributed by atoms with van der Waals surface area (Å²) in [5, 5.41) is 12.5. The Bertz CT molecular complexity index is 444. The van der Waals surface area contributed by atoms with E-state index >= 15 is 0 Å². The fraction of sp³-hybridized carbons (Fsp3) is 0.300. The van der Waals surface area contributed by atoms with E-state index in [9.17, 15) is 9.59 Å². The van der Waals surface area contributed by atoms with Crippen molar-refractivity contribution < 1.29 is 14.7 Å². The Morgan fingerprint density at radius 2 is 2.00 bits per heavy atom. The van der Waals surface area contributed by atoms with Crippen LogP contribution in [0.3, 0.4) is 0 Å². The normalized spacial score (nSPS) is 10.9. The summed E-state index contributed by atoms with van der Waals surface area (Å²) in [6.07, 6.45) is 2.52. The lowest BCUT2D eigenvalue weighted by molar-refractivity contribution is -0.146. The number of carboxylic acid groups (broad SMARTS) is 1. The molecule has 0 amide bonds. The van der Waals surface area contributed by atoms with E-state index < -0.39 is 11.8 Å². The van der Waals surface area contributed by atoms with Gasteiger partial charge in [0.1, 0.15) is 0 Å². The highest BCUT2D eigenvalue weighted by molar-refractivity contribution is 6.38. The zero-order valence-corrected chi connectivity index (χ0v) is 8.81. The number of aromatic nitrogens is 2. The Morgan fingerprint density at radius 1 is 1.40 bits per heavy atom. The molecule has 0 saturated heterocycles. The molecule has 15 heavy (non-hydrogen) atoms. The highest BCUT2D eigenvalue weighted by atomic mass is 16.4. The average molecular weight is 208 g/mol. The highest BCUT2D eigenvalue weighted by Gasteiger charge is 2.09. The van der Waals surface area contributed by atoms with Gasteiger partial charge in [0.15, 0.2) is 0 Å². The van der Waals surface area contributed by atoms with Gasteiger partial charge in [-0.25, -0.2) is 4.79 Å². The SMILES string of the molecule is Cc1nn(C)c(C)c1/C=C/C(=O)C(=O)O. The van der Waals surface area contributed by atoms with Crippen molar-refractivity contribution in [1.29, 1.82) is 0 Å². The summed E-state index contributed by atoms with van der Waals surface area (Å²) >= 11 is 0. The molecule has 0 aliphatic carbocycles. The molecule has 0 bridgehead atoms. The van der Waals surface area contributed by atoms with Crippen LogP contribution < -0.4 is 0 Å². The summed E-state index contributed by atoms with van der Waals surface area (Å²) in [7, 11) is 1.79. The summed E-state index contributed by atoms with van der Waals surface area (Å²) in [5.41, 5.74) is 2.44. The fourth-order valence-corrected chi connectivity index (χ4v) is 1.26. The average Bonchev–Trinajstić information content (AvgIpc) is 2.38. The number of carbonyl (C=O) groups excluding carboxylic acids is 1. The Kier molecular flexibility index (Phi) is 3.04. The molecule has 1 aromatic heterocycles. The first-order valence-corrected chi connectivity index (χ1v) is 4.39. The van der Waals surface area contributed by atoms with E-state index in [4.69, 9.17) is 5.11 Å². The third kappa shape index (κ3) is 2.31. The number of ketones is 1. The quantitative estimate of drug-likeness (QED) is 0.586. The van der Waals surface area contributed by atoms with Crippen molar-refractivity contribution in [1.82, 2.24) is 9.78 Å². The molecule has 0 unspecified atom stereocenters. The van der Waals surface area contributed by atoms with Gasteiger partial charge in [-0.05, 0) is 26.0 Å². The second kappa shape index (κ2) is 4.08. The molecule has 0 radical (unpaired) electrons. The Hall–Kier alpha value is -1.91. The van der Waals surface area contributed by atoms with Crippen molar-refractivity contribution in [3.8, 4) is 0 Å². The second-order valence-electron chi connectivity index (χ2n) is 3.21. The van der Waals surface area contributed by atoms with Gasteiger partial charge in [-0.15, -0.1) is 0 Å². The van der Waals surface area contributed by atoms with E-state index in [1.54, 1.807) is 18.7 Å². The van der Waals surface area contributed by atoms with Crippen LogP contribution in [-0.4, -0.2) is 26.6 Å². The van der Waals surface area contributed by atoms with Crippen molar-refractivity contribution in [3.63, 3.8) is 0 Å². The van der Waals surface area contributed by atoms with Crippen LogP contribution in [0.1, 0.15) is 17.0 Å². The maximum Gasteiger partial charge on any atom is 0.376 e. The lowest BCUT2D eigenvalue weighted by Gasteiger charge is -1.93. The molecule has 1 N–H and O–H groups in total. The van der Waals surface area contributed by atoms with E-state index in [2.05, 4.69) is 5.10 Å². The third-order valence-corrected chi connectivity index (χ3v) is 2.18. The molecule has 1 heterocycles. The summed E-state index contributed by atoms with van der Waals surface area (Å²) in [4.78, 5) is 21.1. The van der Waals surface area contributed by atoms with Gasteiger partial charge in [-0.1, -0.05) is 0 Å². The van der Waals surface area contributed by atoms with E-state index in [0.29, 0.717) is 0 Å². The zero-order chi connectivity index (χ0) is 11.6. The van der Waals surface area contributed by atoms with Gasteiger partial charge < -0.3 is 5.11 Å². The molecule has 1 aromatic rings. The van der Waals surface area contributed by atoms with Crippen LogP contribution in [0.2, 0.25) is 0 Å². The number of hydrogen-bond donors (Lipinski definition) is 1. The Balaban J connectivity index is 2.99. The maximum absolute atomic E-state index is 10.8. The number of nitrogens with zero attached hydrogens (tertiary/aromatic N) is 2. The molecule has 5 nitrogen and oxygen atoms in total. The van der Waals surface area contributed by atoms with Crippen LogP contribution in [0, 0.1) is 13.8 Å². The molecular formula is C10H12N2O3. The maximum atomic E-state index is 10.8. The molecule has 5 heteroatoms. The smallest absolute Gasteiger partial charge is 0.376 e. The van der Waals surface area contributed by atoms with Crippen LogP contribution in [0.5, 0.6) is 0 Å². The first kappa shape index (κ1) is 11.2. The minimum Gasteiger partial charge on any atom is -0.475 e. The number of aliphatic carboxylic acids is 1. The molecule has 1 rings (SSSR count). The number of carbonyl (C=O) groups is 2. The molecule has 0 fully saturated rings. The summed E-state index contributed by atoms with van der Waals surface area (Å²) in [6.45, 7) is 3.66. The number of rotatable bonds is 3. The molecule has 0 aliphatic heterocycles. The summed E-state index contributed by atoms with van der Waals surface area (Å²) in [6, 6.07) is 0. The van der Waals surface area contributed by atoms with Crippen LogP contribution in [0.4, 0.5) is 0 Å². The molecule has 0 aliphatic rings. The molecule has 0 aromatic carbocycles. The molecule has 0 atom stereocenters. The van der Waals surface area contributed by atoms with Crippen molar-refractivity contribution in [3.05, 3.63) is 23.0 Å². The van der Waals surface area contributed by atoms with Crippen LogP contribution in [0.25, 0.3) is 6.08 Å². The van der Waals surface area contributed by atoms with Crippen LogP contribution in [-0.2, 0) is 16.6 Å². The summed E-state index contributed by atoms with van der Waals surface area (Å²) < 4.78 is 1.68. The predicted octanol–water partition coefficient (Wildman–Crippen LogP) is 0.704. The monoisotopic (exact) mass is 208 g/mol. The number of hydrogen-bond acceptors (Lipinski definition) is 3. The van der Waals surface area contributed by atoms with Crippen molar-refractivity contribution in [2.75, 3.05) is 0 Å². The van der Waals surface area contributed by atoms with E-state index in [0.717, 1.165) is 23.0 Å². The van der Waals surface area contributed by atoms with Gasteiger partial charge in [-0.3, -0.25) is 9.48 Å². The van der Waals surface area contributed by atoms with Crippen molar-refractivity contribution in [2.24, 2.45) is 7.05 Å². The van der Waals surface area contributed by atoms with E-state index in [-0.39, 0.29) is 0 Å². The minimum absolute atomic E-state index is 0.768. The Labute approximate surface area is 87.0 Å². The lowest BCUT2D eigenvalue weighted by atomic mass is 10.1. The zero-order valence-electron chi connectivity index (χ0n) is 8.81. The third-order valence-electron chi connectivity index (χ3n) is 2.18. The lowest BCUT2D eigenvalue weighted by Crippen LogP contribution is -2.08. The van der Waals surface area contributed by atoms with Gasteiger partial charge in [0.05, 0.1) is 5.69 Å². The first-order valence-electron chi connectivity index (χ1n) is 4.39. The summed E-state index contributed by atoms with van der Waals surface area (Å²) in [5.74, 6) is -2.39. The number of carboxylic acids is 1. The van der Waals surface area contributed by atoms with E-state index in [1.165, 1.54) is 6.08 Å². The molecular weight excluding hydrogens is 196 g/mol. The standard InChI is InChI=1S/C10H12N2O3/c1-6-8(7(2)12(3)11-6)4-5-9(13)10(14)15/h4-5H,1-3H3,(H,14,15)/b5-4+. The first-order chi connectivity index (χ1) is 6.93. The van der Waals surface area contributed by atoms with Gasteiger partial charge >= 0.3 is 5.97 Å².